The Balaban J connectivity index is 1.56. The SMILES string of the molecule is CN(C)C=NS(=O)(=O)N1CCC2(CC1)[C@H](c1coc(-c3ccc(F)cc3C(F)(F)F)n1)C2(F)F. The van der Waals surface area contributed by atoms with E-state index in [0.717, 1.165) is 29.0 Å². The van der Waals surface area contributed by atoms with Gasteiger partial charge >= 0.3 is 16.4 Å². The van der Waals surface area contributed by atoms with Crippen LogP contribution in [-0.4, -0.2) is 62.1 Å². The summed E-state index contributed by atoms with van der Waals surface area (Å²) in [4.78, 5) is 5.30. The lowest BCUT2D eigenvalue weighted by atomic mass is 9.91. The number of benzene rings is 1. The number of piperidine rings is 1. The fraction of sp³-hybridized carbons (Fsp3) is 0.500. The normalized spacial score (nSPS) is 22.4. The highest BCUT2D eigenvalue weighted by molar-refractivity contribution is 7.87. The van der Waals surface area contributed by atoms with E-state index in [1.165, 1.54) is 4.90 Å². The Labute approximate surface area is 191 Å². The largest absolute Gasteiger partial charge is 0.444 e. The molecule has 0 unspecified atom stereocenters. The molecule has 1 aliphatic heterocycles. The summed E-state index contributed by atoms with van der Waals surface area (Å²) in [5, 5.41) is 0. The molecular formula is C20H20F6N4O3S. The van der Waals surface area contributed by atoms with Crippen LogP contribution in [0.15, 0.2) is 33.3 Å². The van der Waals surface area contributed by atoms with Crippen LogP contribution < -0.4 is 0 Å². The second-order valence-electron chi connectivity index (χ2n) is 8.54. The Morgan fingerprint density at radius 1 is 1.24 bits per heavy atom. The number of aromatic nitrogens is 1. The molecule has 7 nitrogen and oxygen atoms in total. The molecule has 1 aliphatic carbocycles. The molecule has 0 radical (unpaired) electrons. The molecule has 1 aromatic carbocycles. The van der Waals surface area contributed by atoms with Gasteiger partial charge in [-0.1, -0.05) is 0 Å². The van der Waals surface area contributed by atoms with Crippen molar-refractivity contribution in [1.29, 1.82) is 0 Å². The van der Waals surface area contributed by atoms with Crippen LogP contribution in [0.3, 0.4) is 0 Å². The Morgan fingerprint density at radius 3 is 2.47 bits per heavy atom. The zero-order valence-corrected chi connectivity index (χ0v) is 18.8. The van der Waals surface area contributed by atoms with E-state index in [1.807, 2.05) is 0 Å². The number of halogens is 6. The second-order valence-corrected chi connectivity index (χ2v) is 10.2. The predicted octanol–water partition coefficient (Wildman–Crippen LogP) is 4.15. The first-order chi connectivity index (χ1) is 15.7. The Bertz CT molecular complexity index is 1220. The maximum Gasteiger partial charge on any atom is 0.417 e. The minimum atomic E-state index is -4.91. The minimum absolute atomic E-state index is 0.187. The van der Waals surface area contributed by atoms with Crippen LogP contribution in [0.2, 0.25) is 0 Å². The molecule has 1 aromatic heterocycles. The van der Waals surface area contributed by atoms with Gasteiger partial charge in [0.1, 0.15) is 18.4 Å². The zero-order valence-electron chi connectivity index (χ0n) is 18.0. The third kappa shape index (κ3) is 4.06. The Morgan fingerprint density at radius 2 is 1.88 bits per heavy atom. The number of rotatable bonds is 5. The number of hydrogen-bond donors (Lipinski definition) is 0. The lowest BCUT2D eigenvalue weighted by Gasteiger charge is -2.30. The standard InChI is InChI=1S/C20H20F6N4O3S/c1-29(2)11-27-34(31,32)30-7-5-18(6-8-30)16(19(18,22)23)15-10-33-17(28-15)13-4-3-12(21)9-14(13)20(24,25)26/h3-4,9-11,16H,5-8H2,1-2H3/t16-/m0/s1. The van der Waals surface area contributed by atoms with Crippen LogP contribution in [-0.2, 0) is 16.4 Å². The summed E-state index contributed by atoms with van der Waals surface area (Å²) >= 11 is 0. The summed E-state index contributed by atoms with van der Waals surface area (Å²) in [7, 11) is -0.872. The van der Waals surface area contributed by atoms with Crippen molar-refractivity contribution in [3.63, 3.8) is 0 Å². The van der Waals surface area contributed by atoms with Crippen LogP contribution in [0.25, 0.3) is 11.5 Å². The first-order valence-corrected chi connectivity index (χ1v) is 11.5. The van der Waals surface area contributed by atoms with Crippen molar-refractivity contribution in [3.8, 4) is 11.5 Å². The van der Waals surface area contributed by atoms with Crippen LogP contribution in [0.5, 0.6) is 0 Å². The second kappa shape index (κ2) is 7.97. The number of alkyl halides is 5. The lowest BCUT2D eigenvalue weighted by molar-refractivity contribution is -0.137. The topological polar surface area (TPSA) is 79.0 Å². The Hall–Kier alpha value is -2.61. The van der Waals surface area contributed by atoms with E-state index in [-0.39, 0.29) is 37.7 Å². The van der Waals surface area contributed by atoms with Gasteiger partial charge in [0, 0.05) is 32.7 Å². The fourth-order valence-corrected chi connectivity index (χ4v) is 5.50. The van der Waals surface area contributed by atoms with Crippen molar-refractivity contribution in [2.75, 3.05) is 27.2 Å². The molecule has 34 heavy (non-hydrogen) atoms. The molecule has 1 atom stereocenters. The highest BCUT2D eigenvalue weighted by atomic mass is 32.2. The van der Waals surface area contributed by atoms with Gasteiger partial charge in [0.25, 0.3) is 5.92 Å². The molecule has 1 saturated heterocycles. The smallest absolute Gasteiger partial charge is 0.417 e. The zero-order chi connectivity index (χ0) is 25.1. The summed E-state index contributed by atoms with van der Waals surface area (Å²) in [5.74, 6) is -6.37. The van der Waals surface area contributed by atoms with Crippen molar-refractivity contribution >= 4 is 16.5 Å². The first kappa shape index (κ1) is 24.5. The van der Waals surface area contributed by atoms with Gasteiger partial charge in [-0.3, -0.25) is 0 Å². The highest BCUT2D eigenvalue weighted by Gasteiger charge is 2.81. The van der Waals surface area contributed by atoms with Crippen LogP contribution >= 0.6 is 0 Å². The summed E-state index contributed by atoms with van der Waals surface area (Å²) in [6, 6.07) is 1.89. The maximum atomic E-state index is 14.9. The molecule has 186 valence electrons. The summed E-state index contributed by atoms with van der Waals surface area (Å²) in [5.41, 5.74) is -3.74. The van der Waals surface area contributed by atoms with Crippen LogP contribution in [0.1, 0.15) is 30.0 Å². The molecule has 2 fully saturated rings. The lowest BCUT2D eigenvalue weighted by Crippen LogP contribution is -2.40. The van der Waals surface area contributed by atoms with Gasteiger partial charge < -0.3 is 9.32 Å². The van der Waals surface area contributed by atoms with Gasteiger partial charge in [-0.15, -0.1) is 4.40 Å². The summed E-state index contributed by atoms with van der Waals surface area (Å²) < 4.78 is 117. The van der Waals surface area contributed by atoms with E-state index in [0.29, 0.717) is 0 Å². The molecule has 0 amide bonds. The molecule has 0 N–H and O–H groups in total. The van der Waals surface area contributed by atoms with Gasteiger partial charge in [-0.05, 0) is 31.0 Å². The predicted molar refractivity (Wildman–Crippen MR) is 109 cm³/mol. The van der Waals surface area contributed by atoms with Crippen molar-refractivity contribution in [3.05, 3.63) is 41.5 Å². The summed E-state index contributed by atoms with van der Waals surface area (Å²) in [6.07, 6.45) is -3.32. The quantitative estimate of drug-likeness (QED) is 0.343. The fourth-order valence-electron chi connectivity index (χ4n) is 4.42. The van der Waals surface area contributed by atoms with Crippen molar-refractivity contribution in [2.24, 2.45) is 9.81 Å². The van der Waals surface area contributed by atoms with Gasteiger partial charge in [0.05, 0.1) is 22.6 Å². The van der Waals surface area contributed by atoms with Crippen LogP contribution in [0, 0.1) is 11.2 Å². The van der Waals surface area contributed by atoms with Gasteiger partial charge in [0.2, 0.25) is 5.89 Å². The van der Waals surface area contributed by atoms with E-state index < -0.39 is 56.5 Å². The van der Waals surface area contributed by atoms with Gasteiger partial charge in [-0.2, -0.15) is 25.9 Å². The van der Waals surface area contributed by atoms with E-state index in [2.05, 4.69) is 9.38 Å². The third-order valence-corrected chi connectivity index (χ3v) is 7.56. The monoisotopic (exact) mass is 510 g/mol. The highest BCUT2D eigenvalue weighted by Crippen LogP contribution is 2.75. The summed E-state index contributed by atoms with van der Waals surface area (Å²) in [6.45, 7) is -0.389. The van der Waals surface area contributed by atoms with E-state index in [9.17, 15) is 34.8 Å². The average Bonchev–Trinajstić information content (AvgIpc) is 3.05. The maximum absolute atomic E-state index is 14.9. The first-order valence-electron chi connectivity index (χ1n) is 10.1. The Kier molecular flexibility index (Phi) is 5.75. The van der Waals surface area contributed by atoms with E-state index in [1.54, 1.807) is 14.1 Å². The van der Waals surface area contributed by atoms with Crippen molar-refractivity contribution in [2.45, 2.75) is 30.9 Å². The molecule has 2 aliphatic rings. The number of hydrogen-bond acceptors (Lipinski definition) is 4. The number of oxazole rings is 1. The van der Waals surface area contributed by atoms with Crippen molar-refractivity contribution < 1.29 is 39.2 Å². The molecule has 1 spiro atoms. The molecular weight excluding hydrogens is 490 g/mol. The molecule has 2 heterocycles. The molecule has 4 rings (SSSR count). The van der Waals surface area contributed by atoms with Crippen molar-refractivity contribution in [1.82, 2.24) is 14.2 Å². The number of nitrogens with zero attached hydrogens (tertiary/aromatic N) is 4. The van der Waals surface area contributed by atoms with E-state index in [4.69, 9.17) is 4.42 Å². The minimum Gasteiger partial charge on any atom is -0.444 e. The molecule has 1 saturated carbocycles. The molecule has 14 heteroatoms. The molecule has 2 aromatic rings. The molecule has 0 bridgehead atoms. The van der Waals surface area contributed by atoms with Crippen LogP contribution in [0.4, 0.5) is 26.3 Å². The van der Waals surface area contributed by atoms with Gasteiger partial charge in [-0.25, -0.2) is 18.2 Å². The third-order valence-electron chi connectivity index (χ3n) is 6.18. The van der Waals surface area contributed by atoms with E-state index >= 15 is 0 Å². The average molecular weight is 510 g/mol. The van der Waals surface area contributed by atoms with Gasteiger partial charge in [0.15, 0.2) is 0 Å².